The van der Waals surface area contributed by atoms with Crippen LogP contribution in [0.4, 0.5) is 11.8 Å². The third-order valence-electron chi connectivity index (χ3n) is 5.56. The number of hydrogen-bond donors (Lipinski definition) is 1. The third kappa shape index (κ3) is 3.96. The number of carbonyl (C=O) groups is 1. The van der Waals surface area contributed by atoms with Gasteiger partial charge in [-0.05, 0) is 44.2 Å². The number of fused-ring (bicyclic) bond motifs is 1. The zero-order valence-electron chi connectivity index (χ0n) is 15.5. The first-order valence-corrected chi connectivity index (χ1v) is 9.92. The molecule has 2 aliphatic carbocycles. The topological polar surface area (TPSA) is 73.4 Å². The van der Waals surface area contributed by atoms with Gasteiger partial charge in [-0.2, -0.15) is 0 Å². The number of amides is 1. The van der Waals surface area contributed by atoms with E-state index in [2.05, 4.69) is 20.1 Å². The lowest BCUT2D eigenvalue weighted by atomic mass is 9.93. The zero-order valence-corrected chi connectivity index (χ0v) is 15.5. The number of nitrogens with one attached hydrogen (secondary N) is 1. The standard InChI is InChI=1S/C20H25N5O2/c1-21-17-11-10-16-19(23-17)25(14-6-5-7-14)20(22-16)24-18(26)12-13-27-15-8-3-2-4-9-15/h10-11,14-15H,2-9,12-13H2,(H,22,24,26). The number of rotatable bonds is 6. The SMILES string of the molecule is [C-]#[N+]c1ccc2nc(NC(=O)CCOC3CCCCC3)n(C3CCC3)c2n1. The highest BCUT2D eigenvalue weighted by Crippen LogP contribution is 2.37. The summed E-state index contributed by atoms with van der Waals surface area (Å²) >= 11 is 0. The van der Waals surface area contributed by atoms with Gasteiger partial charge in [0.2, 0.25) is 11.9 Å². The van der Waals surface area contributed by atoms with E-state index in [0.717, 1.165) is 32.1 Å². The predicted octanol–water partition coefficient (Wildman–Crippen LogP) is 4.38. The van der Waals surface area contributed by atoms with Crippen molar-refractivity contribution in [3.63, 3.8) is 0 Å². The van der Waals surface area contributed by atoms with Crippen LogP contribution in [0.5, 0.6) is 0 Å². The van der Waals surface area contributed by atoms with Gasteiger partial charge in [-0.15, -0.1) is 0 Å². The number of ether oxygens (including phenoxy) is 1. The molecule has 1 amide bonds. The van der Waals surface area contributed by atoms with E-state index in [4.69, 9.17) is 11.3 Å². The quantitative estimate of drug-likeness (QED) is 0.769. The fraction of sp³-hybridized carbons (Fsp3) is 0.600. The number of aromatic nitrogens is 3. The molecule has 2 heterocycles. The molecule has 0 atom stereocenters. The van der Waals surface area contributed by atoms with Gasteiger partial charge in [0.25, 0.3) is 11.5 Å². The zero-order chi connectivity index (χ0) is 18.6. The van der Waals surface area contributed by atoms with Crippen LogP contribution in [0.3, 0.4) is 0 Å². The molecular weight excluding hydrogens is 342 g/mol. The summed E-state index contributed by atoms with van der Waals surface area (Å²) in [7, 11) is 0. The molecule has 7 heteroatoms. The Morgan fingerprint density at radius 1 is 1.19 bits per heavy atom. The summed E-state index contributed by atoms with van der Waals surface area (Å²) in [4.78, 5) is 24.8. The highest BCUT2D eigenvalue weighted by Gasteiger charge is 2.28. The first-order valence-electron chi connectivity index (χ1n) is 9.92. The van der Waals surface area contributed by atoms with Gasteiger partial charge < -0.3 is 9.58 Å². The van der Waals surface area contributed by atoms with Crippen molar-refractivity contribution in [2.75, 3.05) is 11.9 Å². The van der Waals surface area contributed by atoms with E-state index in [1.807, 2.05) is 4.57 Å². The van der Waals surface area contributed by atoms with E-state index >= 15 is 0 Å². The molecule has 2 aliphatic rings. The summed E-state index contributed by atoms with van der Waals surface area (Å²) < 4.78 is 7.85. The number of pyridine rings is 1. The Hall–Kier alpha value is -2.46. The summed E-state index contributed by atoms with van der Waals surface area (Å²) in [6.45, 7) is 7.63. The highest BCUT2D eigenvalue weighted by atomic mass is 16.5. The minimum atomic E-state index is -0.0907. The molecule has 7 nitrogen and oxygen atoms in total. The van der Waals surface area contributed by atoms with Crippen LogP contribution in [-0.4, -0.2) is 33.2 Å². The molecule has 4 rings (SSSR count). The minimum Gasteiger partial charge on any atom is -0.378 e. The van der Waals surface area contributed by atoms with Crippen LogP contribution in [-0.2, 0) is 9.53 Å². The molecule has 0 saturated heterocycles. The van der Waals surface area contributed by atoms with Crippen LogP contribution >= 0.6 is 0 Å². The average Bonchev–Trinajstić information content (AvgIpc) is 2.98. The molecule has 0 bridgehead atoms. The predicted molar refractivity (Wildman–Crippen MR) is 103 cm³/mol. The van der Waals surface area contributed by atoms with Crippen molar-refractivity contribution in [3.05, 3.63) is 23.5 Å². The number of nitrogens with zero attached hydrogens (tertiary/aromatic N) is 4. The molecule has 27 heavy (non-hydrogen) atoms. The van der Waals surface area contributed by atoms with E-state index in [-0.39, 0.29) is 11.9 Å². The molecule has 2 fully saturated rings. The van der Waals surface area contributed by atoms with Crippen LogP contribution in [0.1, 0.15) is 63.8 Å². The van der Waals surface area contributed by atoms with Gasteiger partial charge in [0.1, 0.15) is 5.52 Å². The molecule has 0 spiro atoms. The Bertz CT molecular complexity index is 859. The van der Waals surface area contributed by atoms with Crippen LogP contribution in [0, 0.1) is 6.57 Å². The van der Waals surface area contributed by atoms with Gasteiger partial charge >= 0.3 is 0 Å². The van der Waals surface area contributed by atoms with Crippen molar-refractivity contribution in [2.45, 2.75) is 69.9 Å². The lowest BCUT2D eigenvalue weighted by Gasteiger charge is -2.27. The first kappa shape index (κ1) is 17.9. The molecule has 0 aromatic carbocycles. The Morgan fingerprint density at radius 3 is 2.70 bits per heavy atom. The van der Waals surface area contributed by atoms with Gasteiger partial charge in [0.05, 0.1) is 19.1 Å². The lowest BCUT2D eigenvalue weighted by molar-refractivity contribution is -0.117. The summed E-state index contributed by atoms with van der Waals surface area (Å²) in [5, 5.41) is 2.94. The Morgan fingerprint density at radius 2 is 2.00 bits per heavy atom. The van der Waals surface area contributed by atoms with Crippen LogP contribution in [0.2, 0.25) is 0 Å². The van der Waals surface area contributed by atoms with E-state index in [1.54, 1.807) is 12.1 Å². The Kier molecular flexibility index (Phi) is 5.35. The van der Waals surface area contributed by atoms with Crippen molar-refractivity contribution < 1.29 is 9.53 Å². The number of anilines is 1. The fourth-order valence-corrected chi connectivity index (χ4v) is 3.84. The largest absolute Gasteiger partial charge is 0.378 e. The van der Waals surface area contributed by atoms with Gasteiger partial charge in [0.15, 0.2) is 0 Å². The summed E-state index contributed by atoms with van der Waals surface area (Å²) in [6.07, 6.45) is 9.84. The summed E-state index contributed by atoms with van der Waals surface area (Å²) in [5.41, 5.74) is 1.39. The normalized spacial score (nSPS) is 18.2. The Balaban J connectivity index is 1.44. The van der Waals surface area contributed by atoms with Crippen LogP contribution in [0.15, 0.2) is 12.1 Å². The monoisotopic (exact) mass is 367 g/mol. The highest BCUT2D eigenvalue weighted by molar-refractivity contribution is 5.91. The second-order valence-corrected chi connectivity index (χ2v) is 7.44. The van der Waals surface area contributed by atoms with Gasteiger partial charge in [-0.25, -0.2) is 4.98 Å². The summed E-state index contributed by atoms with van der Waals surface area (Å²) in [6, 6.07) is 3.75. The van der Waals surface area contributed by atoms with Crippen LogP contribution in [0.25, 0.3) is 16.0 Å². The molecule has 2 aromatic heterocycles. The molecule has 0 radical (unpaired) electrons. The average molecular weight is 367 g/mol. The van der Waals surface area contributed by atoms with Crippen molar-refractivity contribution in [3.8, 4) is 0 Å². The maximum absolute atomic E-state index is 12.4. The number of imidazole rings is 1. The second-order valence-electron chi connectivity index (χ2n) is 7.44. The van der Waals surface area contributed by atoms with Crippen molar-refractivity contribution in [1.82, 2.24) is 14.5 Å². The molecule has 2 aromatic rings. The van der Waals surface area contributed by atoms with E-state index < -0.39 is 0 Å². The van der Waals surface area contributed by atoms with Crippen LogP contribution < -0.4 is 5.32 Å². The first-order chi connectivity index (χ1) is 13.2. The second kappa shape index (κ2) is 8.05. The van der Waals surface area contributed by atoms with E-state index in [1.165, 1.54) is 19.3 Å². The van der Waals surface area contributed by atoms with Crippen molar-refractivity contribution in [2.24, 2.45) is 0 Å². The molecule has 142 valence electrons. The third-order valence-corrected chi connectivity index (χ3v) is 5.56. The van der Waals surface area contributed by atoms with E-state index in [9.17, 15) is 4.79 Å². The molecular formula is C20H25N5O2. The lowest BCUT2D eigenvalue weighted by Crippen LogP contribution is -2.24. The smallest absolute Gasteiger partial charge is 0.271 e. The Labute approximate surface area is 158 Å². The maximum atomic E-state index is 12.4. The fourth-order valence-electron chi connectivity index (χ4n) is 3.84. The minimum absolute atomic E-state index is 0.0907. The number of carbonyl (C=O) groups excluding carboxylic acids is 1. The van der Waals surface area contributed by atoms with Gasteiger partial charge in [0, 0.05) is 6.04 Å². The number of hydrogen-bond acceptors (Lipinski definition) is 4. The van der Waals surface area contributed by atoms with Crippen molar-refractivity contribution in [1.29, 1.82) is 0 Å². The summed E-state index contributed by atoms with van der Waals surface area (Å²) in [5.74, 6) is 0.792. The molecule has 2 saturated carbocycles. The maximum Gasteiger partial charge on any atom is 0.271 e. The van der Waals surface area contributed by atoms with Gasteiger partial charge in [-0.3, -0.25) is 14.7 Å². The molecule has 0 unspecified atom stereocenters. The van der Waals surface area contributed by atoms with Gasteiger partial charge in [-0.1, -0.05) is 30.8 Å². The molecule has 1 N–H and O–H groups in total. The van der Waals surface area contributed by atoms with Crippen molar-refractivity contribution >= 4 is 28.8 Å². The van der Waals surface area contributed by atoms with E-state index in [0.29, 0.717) is 42.1 Å². The molecule has 0 aliphatic heterocycles.